The van der Waals surface area contributed by atoms with Crippen LogP contribution < -0.4 is 9.44 Å². The molecule has 0 heterocycles. The van der Waals surface area contributed by atoms with E-state index in [1.807, 2.05) is 0 Å². The minimum atomic E-state index is -4.44. The Morgan fingerprint density at radius 3 is 2.26 bits per heavy atom. The van der Waals surface area contributed by atoms with Crippen molar-refractivity contribution >= 4 is 28.2 Å². The number of ether oxygens (including phenoxy) is 1. The summed E-state index contributed by atoms with van der Waals surface area (Å²) < 4.78 is 30.0. The minimum Gasteiger partial charge on any atom is -0.481 e. The van der Waals surface area contributed by atoms with Gasteiger partial charge >= 0.3 is 28.2 Å². The van der Waals surface area contributed by atoms with Gasteiger partial charge in [0.05, 0.1) is 6.61 Å². The lowest BCUT2D eigenvalue weighted by atomic mass is 10.2. The second-order valence-corrected chi connectivity index (χ2v) is 4.71. The Bertz CT molecular complexity index is 446. The fourth-order valence-electron chi connectivity index (χ4n) is 0.988. The topological polar surface area (TPSA) is 159 Å². The third-order valence-electron chi connectivity index (χ3n) is 1.74. The number of carbonyl (C=O) groups excluding carboxylic acids is 1. The highest BCUT2D eigenvalue weighted by Crippen LogP contribution is 2.00. The molecular formula is C8H14N2O8S. The molecule has 0 aromatic rings. The van der Waals surface area contributed by atoms with Gasteiger partial charge in [0, 0.05) is 6.42 Å². The van der Waals surface area contributed by atoms with Gasteiger partial charge in [0.25, 0.3) is 0 Å². The molecule has 0 radical (unpaired) electrons. The van der Waals surface area contributed by atoms with Crippen LogP contribution in [-0.4, -0.2) is 49.3 Å². The third-order valence-corrected chi connectivity index (χ3v) is 2.77. The van der Waals surface area contributed by atoms with E-state index >= 15 is 0 Å². The molecule has 1 amide bonds. The summed E-state index contributed by atoms with van der Waals surface area (Å²) in [5.41, 5.74) is 0. The van der Waals surface area contributed by atoms with Crippen molar-refractivity contribution in [1.82, 2.24) is 9.44 Å². The Balaban J connectivity index is 4.60. The minimum absolute atomic E-state index is 0.0667. The highest BCUT2D eigenvalue weighted by Gasteiger charge is 2.26. The number of aliphatic carboxylic acids is 2. The average Bonchev–Trinajstić information content (AvgIpc) is 2.22. The number of carboxylic acid groups (broad SMARTS) is 2. The molecule has 0 aliphatic carbocycles. The van der Waals surface area contributed by atoms with Gasteiger partial charge in [-0.1, -0.05) is 0 Å². The number of rotatable bonds is 8. The predicted octanol–water partition coefficient (Wildman–Crippen LogP) is -1.12. The first-order valence-corrected chi connectivity index (χ1v) is 6.57. The van der Waals surface area contributed by atoms with Crippen LogP contribution in [-0.2, 0) is 24.5 Å². The zero-order valence-corrected chi connectivity index (χ0v) is 10.8. The Hall–Kier alpha value is -1.88. The van der Waals surface area contributed by atoms with Gasteiger partial charge in [-0.3, -0.25) is 9.59 Å². The van der Waals surface area contributed by atoms with E-state index in [9.17, 15) is 22.8 Å². The van der Waals surface area contributed by atoms with Crippen molar-refractivity contribution in [2.24, 2.45) is 0 Å². The van der Waals surface area contributed by atoms with Crippen molar-refractivity contribution in [3.05, 3.63) is 0 Å². The van der Waals surface area contributed by atoms with Crippen molar-refractivity contribution in [3.63, 3.8) is 0 Å². The van der Waals surface area contributed by atoms with Gasteiger partial charge < -0.3 is 14.9 Å². The molecule has 0 spiro atoms. The van der Waals surface area contributed by atoms with Crippen LogP contribution >= 0.6 is 0 Å². The summed E-state index contributed by atoms with van der Waals surface area (Å²) in [5.74, 6) is -2.83. The summed E-state index contributed by atoms with van der Waals surface area (Å²) in [6.45, 7) is 1.38. The van der Waals surface area contributed by atoms with Crippen molar-refractivity contribution < 1.29 is 37.8 Å². The van der Waals surface area contributed by atoms with Crippen LogP contribution in [0, 0.1) is 0 Å². The lowest BCUT2D eigenvalue weighted by molar-refractivity contribution is -0.140. The molecule has 0 rings (SSSR count). The second-order valence-electron chi connectivity index (χ2n) is 3.27. The molecule has 0 aliphatic heterocycles. The molecule has 19 heavy (non-hydrogen) atoms. The van der Waals surface area contributed by atoms with Crippen LogP contribution in [0.3, 0.4) is 0 Å². The van der Waals surface area contributed by atoms with E-state index in [0.29, 0.717) is 0 Å². The molecule has 4 N–H and O–H groups in total. The van der Waals surface area contributed by atoms with Gasteiger partial charge in [0.1, 0.15) is 6.04 Å². The maximum Gasteiger partial charge on any atom is 0.421 e. The number of hydrogen-bond donors (Lipinski definition) is 4. The van der Waals surface area contributed by atoms with E-state index in [0.717, 1.165) is 0 Å². The maximum absolute atomic E-state index is 11.3. The molecule has 10 nitrogen and oxygen atoms in total. The molecule has 110 valence electrons. The van der Waals surface area contributed by atoms with Gasteiger partial charge in [-0.2, -0.15) is 13.1 Å². The highest BCUT2D eigenvalue weighted by atomic mass is 32.2. The van der Waals surface area contributed by atoms with Crippen LogP contribution in [0.2, 0.25) is 0 Å². The first-order chi connectivity index (χ1) is 8.68. The first kappa shape index (κ1) is 17.1. The molecule has 1 unspecified atom stereocenters. The Kier molecular flexibility index (Phi) is 6.79. The molecule has 0 bridgehead atoms. The molecule has 0 aromatic heterocycles. The smallest absolute Gasteiger partial charge is 0.421 e. The van der Waals surface area contributed by atoms with Gasteiger partial charge in [-0.25, -0.2) is 9.52 Å². The fourth-order valence-corrected chi connectivity index (χ4v) is 1.92. The predicted molar refractivity (Wildman–Crippen MR) is 60.5 cm³/mol. The SMILES string of the molecule is CCOC(=O)NS(=O)(=O)NC(CCC(=O)O)C(=O)O. The third kappa shape index (κ3) is 7.94. The van der Waals surface area contributed by atoms with Gasteiger partial charge in [0.2, 0.25) is 0 Å². The molecule has 0 aromatic carbocycles. The van der Waals surface area contributed by atoms with Crippen molar-refractivity contribution in [3.8, 4) is 0 Å². The van der Waals surface area contributed by atoms with E-state index in [4.69, 9.17) is 10.2 Å². The zero-order chi connectivity index (χ0) is 15.1. The zero-order valence-electron chi connectivity index (χ0n) is 9.95. The van der Waals surface area contributed by atoms with Crippen LogP contribution in [0.4, 0.5) is 4.79 Å². The van der Waals surface area contributed by atoms with Gasteiger partial charge in [-0.15, -0.1) is 0 Å². The molecule has 1 atom stereocenters. The van der Waals surface area contributed by atoms with Crippen LogP contribution in [0.5, 0.6) is 0 Å². The summed E-state index contributed by atoms with van der Waals surface area (Å²) in [4.78, 5) is 31.9. The number of nitrogens with one attached hydrogen (secondary N) is 2. The molecule has 11 heteroatoms. The number of carboxylic acids is 2. The van der Waals surface area contributed by atoms with Crippen LogP contribution in [0.15, 0.2) is 0 Å². The fraction of sp³-hybridized carbons (Fsp3) is 0.625. The Morgan fingerprint density at radius 1 is 1.26 bits per heavy atom. The maximum atomic E-state index is 11.3. The second kappa shape index (κ2) is 7.53. The lowest BCUT2D eigenvalue weighted by Gasteiger charge is -2.14. The van der Waals surface area contributed by atoms with Crippen LogP contribution in [0.25, 0.3) is 0 Å². The average molecular weight is 298 g/mol. The van der Waals surface area contributed by atoms with Crippen molar-refractivity contribution in [2.45, 2.75) is 25.8 Å². The molecule has 0 saturated carbocycles. The quantitative estimate of drug-likeness (QED) is 0.438. The van der Waals surface area contributed by atoms with E-state index in [-0.39, 0.29) is 6.61 Å². The Morgan fingerprint density at radius 2 is 1.84 bits per heavy atom. The highest BCUT2D eigenvalue weighted by molar-refractivity contribution is 7.88. The summed E-state index contributed by atoms with van der Waals surface area (Å²) in [7, 11) is -4.44. The summed E-state index contributed by atoms with van der Waals surface area (Å²) >= 11 is 0. The molecule has 0 fully saturated rings. The van der Waals surface area contributed by atoms with Crippen molar-refractivity contribution in [1.29, 1.82) is 0 Å². The summed E-state index contributed by atoms with van der Waals surface area (Å²) in [5, 5.41) is 17.1. The van der Waals surface area contributed by atoms with Gasteiger partial charge in [0.15, 0.2) is 0 Å². The number of hydrogen-bond acceptors (Lipinski definition) is 6. The Labute approximate surface area is 108 Å². The van der Waals surface area contributed by atoms with Gasteiger partial charge in [-0.05, 0) is 13.3 Å². The monoisotopic (exact) mass is 298 g/mol. The summed E-state index contributed by atoms with van der Waals surface area (Å²) in [6, 6.07) is -1.66. The van der Waals surface area contributed by atoms with E-state index < -0.39 is 47.1 Å². The molecule has 0 aliphatic rings. The van der Waals surface area contributed by atoms with Crippen molar-refractivity contribution in [2.75, 3.05) is 6.61 Å². The standard InChI is InChI=1S/C8H14N2O8S/c1-2-18-8(15)10-19(16,17)9-5(7(13)14)3-4-6(11)12/h5,9H,2-4H2,1H3,(H,10,15)(H,11,12)(H,13,14). The first-order valence-electron chi connectivity index (χ1n) is 5.09. The van der Waals surface area contributed by atoms with E-state index in [1.54, 1.807) is 4.72 Å². The summed E-state index contributed by atoms with van der Waals surface area (Å²) in [6.07, 6.45) is -2.27. The number of amides is 1. The molecule has 0 saturated heterocycles. The lowest BCUT2D eigenvalue weighted by Crippen LogP contribution is -2.48. The molecular weight excluding hydrogens is 284 g/mol. The van der Waals surface area contributed by atoms with Crippen LogP contribution in [0.1, 0.15) is 19.8 Å². The normalized spacial score (nSPS) is 12.5. The number of carbonyl (C=O) groups is 3. The van der Waals surface area contributed by atoms with E-state index in [1.165, 1.54) is 11.6 Å². The van der Waals surface area contributed by atoms with E-state index in [2.05, 4.69) is 4.74 Å². The largest absolute Gasteiger partial charge is 0.481 e.